The van der Waals surface area contributed by atoms with Crippen LogP contribution in [0.3, 0.4) is 0 Å². The number of likely N-dealkylation sites (tertiary alicyclic amines) is 1. The van der Waals surface area contributed by atoms with Crippen molar-refractivity contribution in [1.29, 1.82) is 0 Å². The van der Waals surface area contributed by atoms with Crippen molar-refractivity contribution in [2.75, 3.05) is 19.7 Å². The van der Waals surface area contributed by atoms with Gasteiger partial charge in [-0.1, -0.05) is 31.0 Å². The van der Waals surface area contributed by atoms with Crippen LogP contribution in [0.15, 0.2) is 59.5 Å². The van der Waals surface area contributed by atoms with E-state index in [1.807, 2.05) is 35.2 Å². The predicted molar refractivity (Wildman–Crippen MR) is 119 cm³/mol. The SMILES string of the molecule is O=C(COc1ccc2ccc(-c3ccc(=O)[nH]c3)cc2c1)N1CCCCCC1.O=CO. The van der Waals surface area contributed by atoms with Gasteiger partial charge in [0.15, 0.2) is 6.61 Å². The number of carboxylic acid groups (broad SMARTS) is 1. The molecule has 7 heteroatoms. The number of fused-ring (bicyclic) bond motifs is 1. The van der Waals surface area contributed by atoms with Gasteiger partial charge in [0.1, 0.15) is 5.75 Å². The van der Waals surface area contributed by atoms with Gasteiger partial charge in [-0.25, -0.2) is 0 Å². The maximum atomic E-state index is 12.4. The second-order valence-electron chi connectivity index (χ2n) is 7.35. The van der Waals surface area contributed by atoms with E-state index in [-0.39, 0.29) is 24.5 Å². The number of pyridine rings is 1. The average Bonchev–Trinajstić information content (AvgIpc) is 3.08. The number of carbonyl (C=O) groups excluding carboxylic acids is 1. The van der Waals surface area contributed by atoms with Gasteiger partial charge < -0.3 is 19.7 Å². The molecule has 2 N–H and O–H groups in total. The normalized spacial score (nSPS) is 13.6. The van der Waals surface area contributed by atoms with Crippen LogP contribution in [0.25, 0.3) is 21.9 Å². The second kappa shape index (κ2) is 11.0. The molecule has 31 heavy (non-hydrogen) atoms. The third kappa shape index (κ3) is 6.18. The molecule has 2 heterocycles. The highest BCUT2D eigenvalue weighted by Gasteiger charge is 2.16. The molecular formula is C24H26N2O5. The van der Waals surface area contributed by atoms with Crippen LogP contribution in [0.5, 0.6) is 5.75 Å². The van der Waals surface area contributed by atoms with Crippen molar-refractivity contribution in [2.24, 2.45) is 0 Å². The molecule has 0 unspecified atom stereocenters. The Kier molecular flexibility index (Phi) is 7.81. The fraction of sp³-hybridized carbons (Fsp3) is 0.292. The molecule has 1 aliphatic heterocycles. The number of nitrogens with one attached hydrogen (secondary N) is 1. The predicted octanol–water partition coefficient (Wildman–Crippen LogP) is 3.68. The molecule has 1 aliphatic rings. The monoisotopic (exact) mass is 422 g/mol. The fourth-order valence-electron chi connectivity index (χ4n) is 3.64. The smallest absolute Gasteiger partial charge is 0.290 e. The summed E-state index contributed by atoms with van der Waals surface area (Å²) in [6, 6.07) is 15.3. The first-order chi connectivity index (χ1) is 15.1. The first-order valence-corrected chi connectivity index (χ1v) is 10.3. The Balaban J connectivity index is 0.000000858. The molecule has 1 aromatic heterocycles. The Labute approximate surface area is 180 Å². The van der Waals surface area contributed by atoms with Crippen LogP contribution in [0, 0.1) is 0 Å². The van der Waals surface area contributed by atoms with Crippen LogP contribution in [0.2, 0.25) is 0 Å². The number of rotatable bonds is 4. The Morgan fingerprint density at radius 3 is 2.32 bits per heavy atom. The summed E-state index contributed by atoms with van der Waals surface area (Å²) in [4.78, 5) is 36.7. The third-order valence-corrected chi connectivity index (χ3v) is 5.25. The van der Waals surface area contributed by atoms with Crippen LogP contribution in [0.1, 0.15) is 25.7 Å². The minimum Gasteiger partial charge on any atom is -0.484 e. The van der Waals surface area contributed by atoms with Gasteiger partial charge in [0.25, 0.3) is 12.4 Å². The summed E-state index contributed by atoms with van der Waals surface area (Å²) in [6.07, 6.45) is 6.27. The van der Waals surface area contributed by atoms with Crippen LogP contribution >= 0.6 is 0 Å². The summed E-state index contributed by atoms with van der Waals surface area (Å²) in [5.74, 6) is 0.748. The molecule has 2 aromatic carbocycles. The van der Waals surface area contributed by atoms with E-state index in [1.165, 1.54) is 18.9 Å². The molecule has 0 aliphatic carbocycles. The van der Waals surface area contributed by atoms with Crippen molar-refractivity contribution in [3.05, 3.63) is 65.1 Å². The molecule has 0 saturated carbocycles. The van der Waals surface area contributed by atoms with Crippen molar-refractivity contribution in [3.63, 3.8) is 0 Å². The maximum absolute atomic E-state index is 12.4. The molecule has 0 bridgehead atoms. The standard InChI is InChI=1S/C23H24N2O3.CH2O2/c26-22-10-8-19(15-24-22)18-6-5-17-7-9-21(14-20(17)13-18)28-16-23(27)25-11-3-1-2-4-12-25;2-1-3/h5-10,13-15H,1-4,11-12,16H2,(H,24,26);1H,(H,2,3). The molecule has 162 valence electrons. The van der Waals surface area contributed by atoms with Crippen LogP contribution in [0.4, 0.5) is 0 Å². The topological polar surface area (TPSA) is 99.7 Å². The van der Waals surface area contributed by atoms with Gasteiger partial charge in [-0.15, -0.1) is 0 Å². The molecule has 1 amide bonds. The Bertz CT molecular complexity index is 1060. The van der Waals surface area contributed by atoms with E-state index in [4.69, 9.17) is 14.6 Å². The molecule has 1 saturated heterocycles. The van der Waals surface area contributed by atoms with Crippen LogP contribution in [-0.2, 0) is 9.59 Å². The zero-order valence-electron chi connectivity index (χ0n) is 17.3. The lowest BCUT2D eigenvalue weighted by atomic mass is 10.0. The number of hydrogen-bond donors (Lipinski definition) is 2. The minimum atomic E-state index is -0.250. The highest BCUT2D eigenvalue weighted by Crippen LogP contribution is 2.26. The molecule has 0 spiro atoms. The largest absolute Gasteiger partial charge is 0.484 e. The summed E-state index contributed by atoms with van der Waals surface area (Å²) < 4.78 is 5.79. The number of benzene rings is 2. The lowest BCUT2D eigenvalue weighted by Crippen LogP contribution is -2.35. The first kappa shape index (κ1) is 22.1. The summed E-state index contributed by atoms with van der Waals surface area (Å²) in [6.45, 7) is 1.50. The van der Waals surface area contributed by atoms with Gasteiger partial charge >= 0.3 is 0 Å². The lowest BCUT2D eigenvalue weighted by molar-refractivity contribution is -0.133. The quantitative estimate of drug-likeness (QED) is 0.625. The van der Waals surface area contributed by atoms with Crippen molar-refractivity contribution in [2.45, 2.75) is 25.7 Å². The van der Waals surface area contributed by atoms with Crippen molar-refractivity contribution >= 4 is 23.2 Å². The van der Waals surface area contributed by atoms with Crippen molar-refractivity contribution < 1.29 is 19.4 Å². The fourth-order valence-corrected chi connectivity index (χ4v) is 3.64. The van der Waals surface area contributed by atoms with Gasteiger partial charge in [0.2, 0.25) is 5.56 Å². The number of amides is 1. The van der Waals surface area contributed by atoms with E-state index in [0.717, 1.165) is 47.8 Å². The minimum absolute atomic E-state index is 0.0592. The Morgan fingerprint density at radius 1 is 0.968 bits per heavy atom. The van der Waals surface area contributed by atoms with Crippen molar-refractivity contribution in [1.82, 2.24) is 9.88 Å². The zero-order valence-corrected chi connectivity index (χ0v) is 17.3. The highest BCUT2D eigenvalue weighted by atomic mass is 16.5. The van der Waals surface area contributed by atoms with Gasteiger partial charge in [0.05, 0.1) is 0 Å². The van der Waals surface area contributed by atoms with E-state index in [0.29, 0.717) is 5.75 Å². The number of aromatic amines is 1. The first-order valence-electron chi connectivity index (χ1n) is 10.3. The number of carbonyl (C=O) groups is 2. The van der Waals surface area contributed by atoms with E-state index in [1.54, 1.807) is 12.3 Å². The Hall–Kier alpha value is -3.61. The molecule has 4 rings (SSSR count). The summed E-state index contributed by atoms with van der Waals surface area (Å²) in [5.41, 5.74) is 1.85. The van der Waals surface area contributed by atoms with E-state index < -0.39 is 0 Å². The van der Waals surface area contributed by atoms with E-state index >= 15 is 0 Å². The van der Waals surface area contributed by atoms with Gasteiger partial charge in [-0.2, -0.15) is 0 Å². The van der Waals surface area contributed by atoms with Crippen LogP contribution < -0.4 is 10.3 Å². The van der Waals surface area contributed by atoms with Gasteiger partial charge in [-0.05, 0) is 59.0 Å². The second-order valence-corrected chi connectivity index (χ2v) is 7.35. The number of aromatic nitrogens is 1. The number of ether oxygens (including phenoxy) is 1. The average molecular weight is 422 g/mol. The third-order valence-electron chi connectivity index (χ3n) is 5.25. The summed E-state index contributed by atoms with van der Waals surface area (Å²) in [5, 5.41) is 9.02. The molecule has 7 nitrogen and oxygen atoms in total. The summed E-state index contributed by atoms with van der Waals surface area (Å²) >= 11 is 0. The van der Waals surface area contributed by atoms with Gasteiger partial charge in [0, 0.05) is 25.4 Å². The Morgan fingerprint density at radius 2 is 1.65 bits per heavy atom. The molecule has 1 fully saturated rings. The lowest BCUT2D eigenvalue weighted by Gasteiger charge is -2.20. The van der Waals surface area contributed by atoms with E-state index in [2.05, 4.69) is 11.1 Å². The van der Waals surface area contributed by atoms with Crippen molar-refractivity contribution in [3.8, 4) is 16.9 Å². The maximum Gasteiger partial charge on any atom is 0.290 e. The number of hydrogen-bond acceptors (Lipinski definition) is 4. The summed E-state index contributed by atoms with van der Waals surface area (Å²) in [7, 11) is 0. The van der Waals surface area contributed by atoms with Crippen LogP contribution in [-0.4, -0.2) is 47.1 Å². The number of H-pyrrole nitrogens is 1. The van der Waals surface area contributed by atoms with E-state index in [9.17, 15) is 9.59 Å². The molecule has 0 radical (unpaired) electrons. The number of nitrogens with zero attached hydrogens (tertiary/aromatic N) is 1. The molecule has 0 atom stereocenters. The molecule has 3 aromatic rings. The van der Waals surface area contributed by atoms with Gasteiger partial charge in [-0.3, -0.25) is 14.4 Å². The highest BCUT2D eigenvalue weighted by molar-refractivity contribution is 5.88. The molecular weight excluding hydrogens is 396 g/mol. The zero-order chi connectivity index (χ0) is 22.1.